The van der Waals surface area contributed by atoms with E-state index < -0.39 is 5.41 Å². The summed E-state index contributed by atoms with van der Waals surface area (Å²) in [6.45, 7) is 10.8. The van der Waals surface area contributed by atoms with Gasteiger partial charge in [0.25, 0.3) is 5.56 Å². The summed E-state index contributed by atoms with van der Waals surface area (Å²) in [6.07, 6.45) is 1.62. The molecule has 170 valence electrons. The summed E-state index contributed by atoms with van der Waals surface area (Å²) in [4.78, 5) is 18.1. The van der Waals surface area contributed by atoms with E-state index in [1.54, 1.807) is 12.3 Å². The molecular weight excluding hydrogens is 606 g/mol. The Labute approximate surface area is 212 Å². The summed E-state index contributed by atoms with van der Waals surface area (Å²) < 4.78 is 15.2. The third-order valence-electron chi connectivity index (χ3n) is 4.54. The van der Waals surface area contributed by atoms with Crippen LogP contribution in [0.2, 0.25) is 0 Å². The summed E-state index contributed by atoms with van der Waals surface area (Å²) in [5.74, 6) is 1.78. The van der Waals surface area contributed by atoms with Crippen molar-refractivity contribution in [1.82, 2.24) is 9.66 Å². The molecule has 0 bridgehead atoms. The van der Waals surface area contributed by atoms with Crippen LogP contribution in [0.3, 0.4) is 0 Å². The summed E-state index contributed by atoms with van der Waals surface area (Å²) in [7, 11) is 0. The Kier molecular flexibility index (Phi) is 7.83. The van der Waals surface area contributed by atoms with Gasteiger partial charge in [0, 0.05) is 19.9 Å². The van der Waals surface area contributed by atoms with Crippen molar-refractivity contribution in [3.05, 3.63) is 59.4 Å². The number of halogens is 3. The Morgan fingerprint density at radius 3 is 2.38 bits per heavy atom. The molecule has 0 spiro atoms. The molecule has 0 saturated heterocycles. The van der Waals surface area contributed by atoms with Crippen LogP contribution >= 0.6 is 47.8 Å². The first-order valence-corrected chi connectivity index (χ1v) is 12.5. The molecule has 6 nitrogen and oxygen atoms in total. The minimum absolute atomic E-state index is 0.233. The molecule has 0 fully saturated rings. The maximum Gasteiger partial charge on any atom is 0.282 e. The highest BCUT2D eigenvalue weighted by Crippen LogP contribution is 2.42. The molecule has 0 aliphatic heterocycles. The van der Waals surface area contributed by atoms with E-state index in [0.717, 1.165) is 19.0 Å². The summed E-state index contributed by atoms with van der Waals surface area (Å²) in [5.41, 5.74) is 0.733. The molecule has 0 atom stereocenters. The van der Waals surface area contributed by atoms with E-state index in [0.29, 0.717) is 41.4 Å². The van der Waals surface area contributed by atoms with Gasteiger partial charge in [-0.05, 0) is 70.0 Å². The summed E-state index contributed by atoms with van der Waals surface area (Å²) >= 11 is 10.6. The number of rotatable bonds is 6. The Hall–Kier alpha value is -1.71. The van der Waals surface area contributed by atoms with Crippen molar-refractivity contribution < 1.29 is 9.47 Å². The van der Waals surface area contributed by atoms with Crippen LogP contribution in [0.1, 0.15) is 46.0 Å². The quantitative estimate of drug-likeness (QED) is 0.286. The van der Waals surface area contributed by atoms with E-state index in [1.165, 1.54) is 4.68 Å². The molecule has 0 aliphatic rings. The minimum Gasteiger partial charge on any atom is -0.490 e. The van der Waals surface area contributed by atoms with Crippen molar-refractivity contribution in [3.63, 3.8) is 0 Å². The number of nitrogens with zero attached hydrogens (tertiary/aromatic N) is 3. The molecule has 1 heterocycles. The summed E-state index contributed by atoms with van der Waals surface area (Å²) in [5, 5.41) is 5.05. The van der Waals surface area contributed by atoms with Crippen LogP contribution in [-0.4, -0.2) is 29.1 Å². The fourth-order valence-electron chi connectivity index (χ4n) is 3.10. The maximum absolute atomic E-state index is 13.4. The zero-order valence-corrected chi connectivity index (χ0v) is 23.3. The van der Waals surface area contributed by atoms with E-state index in [2.05, 4.69) is 52.9 Å². The first kappa shape index (κ1) is 24.9. The topological polar surface area (TPSA) is 65.7 Å². The monoisotopic (exact) mass is 627 g/mol. The molecule has 3 rings (SSSR count). The van der Waals surface area contributed by atoms with Gasteiger partial charge in [-0.2, -0.15) is 9.78 Å². The smallest absolute Gasteiger partial charge is 0.282 e. The molecule has 0 N–H and O–H groups in total. The first-order valence-electron chi connectivity index (χ1n) is 10.1. The molecule has 9 heteroatoms. The Bertz CT molecular complexity index is 1250. The van der Waals surface area contributed by atoms with Gasteiger partial charge in [-0.15, -0.1) is 0 Å². The lowest BCUT2D eigenvalue weighted by molar-refractivity contribution is 0.286. The van der Waals surface area contributed by atoms with Gasteiger partial charge in [0.05, 0.1) is 34.8 Å². The SMILES string of the molecule is CCOc1cc(C=Nn2c(C(C)(C)C)nc3ccc(Br)cc3c2=O)c(Br)c(Br)c1OCC. The van der Waals surface area contributed by atoms with Crippen molar-refractivity contribution in [2.45, 2.75) is 40.0 Å². The molecule has 32 heavy (non-hydrogen) atoms. The van der Waals surface area contributed by atoms with Crippen molar-refractivity contribution >= 4 is 64.9 Å². The second kappa shape index (κ2) is 10.1. The number of benzene rings is 2. The highest BCUT2D eigenvalue weighted by atomic mass is 79.9. The molecule has 3 aromatic rings. The van der Waals surface area contributed by atoms with Crippen molar-refractivity contribution in [2.75, 3.05) is 13.2 Å². The summed E-state index contributed by atoms with van der Waals surface area (Å²) in [6, 6.07) is 7.30. The molecule has 1 aromatic heterocycles. The fraction of sp³-hybridized carbons (Fsp3) is 0.348. The molecule has 0 amide bonds. The second-order valence-corrected chi connectivity index (χ2v) is 10.5. The average Bonchev–Trinajstić information content (AvgIpc) is 2.73. The van der Waals surface area contributed by atoms with Gasteiger partial charge in [0.15, 0.2) is 11.5 Å². The van der Waals surface area contributed by atoms with Gasteiger partial charge < -0.3 is 9.47 Å². The number of fused-ring (bicyclic) bond motifs is 1. The molecule has 0 radical (unpaired) electrons. The van der Waals surface area contributed by atoms with Crippen LogP contribution in [0.25, 0.3) is 10.9 Å². The standard InChI is InChI=1S/C23H24Br3N3O3/c1-6-31-17-10-13(18(25)19(26)20(17)32-7-2)12-27-29-21(30)15-11-14(24)8-9-16(15)28-22(29)23(3,4)5/h8-12H,6-7H2,1-5H3. The zero-order chi connectivity index (χ0) is 23.6. The lowest BCUT2D eigenvalue weighted by Crippen LogP contribution is -2.29. The van der Waals surface area contributed by atoms with Gasteiger partial charge in [-0.1, -0.05) is 36.7 Å². The predicted octanol–water partition coefficient (Wildman–Crippen LogP) is 6.66. The van der Waals surface area contributed by atoms with Crippen molar-refractivity contribution in [1.29, 1.82) is 0 Å². The van der Waals surface area contributed by atoms with E-state index in [-0.39, 0.29) is 5.56 Å². The maximum atomic E-state index is 13.4. The van der Waals surface area contributed by atoms with E-state index >= 15 is 0 Å². The lowest BCUT2D eigenvalue weighted by Gasteiger charge is -2.21. The average molecular weight is 630 g/mol. The van der Waals surface area contributed by atoms with Gasteiger partial charge >= 0.3 is 0 Å². The molecule has 0 saturated carbocycles. The van der Waals surface area contributed by atoms with Gasteiger partial charge in [-0.3, -0.25) is 4.79 Å². The van der Waals surface area contributed by atoms with Gasteiger partial charge in [0.2, 0.25) is 0 Å². The van der Waals surface area contributed by atoms with Crippen LogP contribution < -0.4 is 15.0 Å². The van der Waals surface area contributed by atoms with Crippen LogP contribution in [0, 0.1) is 0 Å². The van der Waals surface area contributed by atoms with Crippen LogP contribution in [0.4, 0.5) is 0 Å². The number of hydrogen-bond acceptors (Lipinski definition) is 5. The zero-order valence-electron chi connectivity index (χ0n) is 18.5. The lowest BCUT2D eigenvalue weighted by atomic mass is 9.95. The second-order valence-electron chi connectivity index (χ2n) is 8.00. The third kappa shape index (κ3) is 5.10. The van der Waals surface area contributed by atoms with Gasteiger partial charge in [-0.25, -0.2) is 4.98 Å². The van der Waals surface area contributed by atoms with Crippen LogP contribution in [0.5, 0.6) is 11.5 Å². The highest BCUT2D eigenvalue weighted by Gasteiger charge is 2.23. The third-order valence-corrected chi connectivity index (χ3v) is 7.17. The number of hydrogen-bond donors (Lipinski definition) is 0. The van der Waals surface area contributed by atoms with Crippen LogP contribution in [0.15, 0.2) is 47.6 Å². The Morgan fingerprint density at radius 2 is 1.75 bits per heavy atom. The predicted molar refractivity (Wildman–Crippen MR) is 140 cm³/mol. The van der Waals surface area contributed by atoms with E-state index in [9.17, 15) is 4.79 Å². The van der Waals surface area contributed by atoms with E-state index in [1.807, 2.05) is 52.8 Å². The minimum atomic E-state index is -0.398. The Balaban J connectivity index is 2.22. The highest BCUT2D eigenvalue weighted by molar-refractivity contribution is 9.13. The fourth-order valence-corrected chi connectivity index (χ4v) is 4.40. The number of ether oxygens (including phenoxy) is 2. The van der Waals surface area contributed by atoms with Crippen molar-refractivity contribution in [3.8, 4) is 11.5 Å². The van der Waals surface area contributed by atoms with Crippen LogP contribution in [-0.2, 0) is 5.41 Å². The van der Waals surface area contributed by atoms with Crippen molar-refractivity contribution in [2.24, 2.45) is 5.10 Å². The first-order chi connectivity index (χ1) is 15.1. The van der Waals surface area contributed by atoms with Gasteiger partial charge in [0.1, 0.15) is 5.82 Å². The molecule has 2 aromatic carbocycles. The number of aromatic nitrogens is 2. The molecular formula is C23H24Br3N3O3. The molecule has 0 aliphatic carbocycles. The van der Waals surface area contributed by atoms with E-state index in [4.69, 9.17) is 14.5 Å². The Morgan fingerprint density at radius 1 is 1.06 bits per heavy atom. The largest absolute Gasteiger partial charge is 0.490 e. The normalized spacial score (nSPS) is 12.0. The molecule has 0 unspecified atom stereocenters.